The fourth-order valence-electron chi connectivity index (χ4n) is 6.14. The van der Waals surface area contributed by atoms with Crippen LogP contribution in [0.25, 0.3) is 0 Å². The maximum atomic E-state index is 13.4. The number of carbonyl (C=O) groups excluding carboxylic acids is 3. The first-order valence-electron chi connectivity index (χ1n) is 15.3. The highest BCUT2D eigenvalue weighted by molar-refractivity contribution is 8.03. The lowest BCUT2D eigenvalue weighted by atomic mass is 9.79. The van der Waals surface area contributed by atoms with Gasteiger partial charge in [-0.05, 0) is 50.3 Å². The van der Waals surface area contributed by atoms with Gasteiger partial charge >= 0.3 is 24.3 Å². The molecule has 1 saturated carbocycles. The van der Waals surface area contributed by atoms with Crippen molar-refractivity contribution in [1.29, 1.82) is 0 Å². The third-order valence-corrected chi connectivity index (χ3v) is 9.88. The molecule has 3 aliphatic heterocycles. The number of ether oxygens (including phenoxy) is 3. The van der Waals surface area contributed by atoms with Crippen molar-refractivity contribution >= 4 is 35.8 Å². The van der Waals surface area contributed by atoms with E-state index in [0.29, 0.717) is 6.54 Å². The molecule has 1 unspecified atom stereocenters. The van der Waals surface area contributed by atoms with Crippen molar-refractivity contribution in [2.45, 2.75) is 95.4 Å². The van der Waals surface area contributed by atoms with Gasteiger partial charge in [-0.3, -0.25) is 9.69 Å². The van der Waals surface area contributed by atoms with E-state index in [2.05, 4.69) is 4.90 Å². The van der Waals surface area contributed by atoms with Gasteiger partial charge in [0.1, 0.15) is 17.6 Å². The molecule has 260 valence electrons. The summed E-state index contributed by atoms with van der Waals surface area (Å²) in [4.78, 5) is 51.9. The first-order chi connectivity index (χ1) is 22.1. The largest absolute Gasteiger partial charge is 0.511 e. The average molecular weight is 691 g/mol. The molecule has 0 aromatic heterocycles. The molecule has 4 aliphatic rings. The number of carboxylic acid groups (broad SMARTS) is 1. The number of β-lactam (4-membered cyclic amide) rings is 1. The molecule has 0 radical (unpaired) electrons. The lowest BCUT2D eigenvalue weighted by molar-refractivity contribution is -0.192. The Labute approximate surface area is 273 Å². The second-order valence-electron chi connectivity index (χ2n) is 12.0. The van der Waals surface area contributed by atoms with Crippen LogP contribution < -0.4 is 0 Å². The van der Waals surface area contributed by atoms with Crippen LogP contribution in [0.3, 0.4) is 0 Å². The Hall–Kier alpha value is -3.37. The molecule has 47 heavy (non-hydrogen) atoms. The number of alkyl halides is 3. The third-order valence-electron chi connectivity index (χ3n) is 8.43. The Balaban J connectivity index is 0.000000644. The molecule has 1 amide bonds. The average Bonchev–Trinajstić information content (AvgIpc) is 3.20. The van der Waals surface area contributed by atoms with Crippen molar-refractivity contribution in [3.63, 3.8) is 0 Å². The minimum atomic E-state index is -5.08. The van der Waals surface area contributed by atoms with Gasteiger partial charge in [0, 0.05) is 42.6 Å². The SMILES string of the molecule is CC(OC(=O)OC1CCCCC1)OC(=O)C1=C(SC2CN(Cc3ccc(F)cc3)C2)[C@H](C)[C@@H]2[C@@H]([C@@H](C)O)C(=O)N12.O=C(O)C(F)(F)F. The molecule has 2 N–H and O–H groups in total. The fraction of sp³-hybridized carbons (Fsp3) is 0.613. The van der Waals surface area contributed by atoms with Crippen molar-refractivity contribution in [2.75, 3.05) is 13.1 Å². The zero-order chi connectivity index (χ0) is 34.6. The number of nitrogens with zero attached hydrogens (tertiary/aromatic N) is 2. The number of thioether (sulfide) groups is 1. The van der Waals surface area contributed by atoms with E-state index in [-0.39, 0.29) is 40.7 Å². The lowest BCUT2D eigenvalue weighted by Crippen LogP contribution is -2.63. The van der Waals surface area contributed by atoms with E-state index in [0.717, 1.165) is 55.7 Å². The summed E-state index contributed by atoms with van der Waals surface area (Å²) in [5, 5.41) is 17.6. The minimum Gasteiger partial charge on any atom is -0.475 e. The zero-order valence-corrected chi connectivity index (χ0v) is 26.9. The van der Waals surface area contributed by atoms with E-state index in [9.17, 15) is 37.1 Å². The Bertz CT molecular complexity index is 1350. The van der Waals surface area contributed by atoms with Crippen molar-refractivity contribution in [2.24, 2.45) is 11.8 Å². The normalized spacial score (nSPS) is 24.6. The van der Waals surface area contributed by atoms with Crippen LogP contribution in [0.5, 0.6) is 0 Å². The Morgan fingerprint density at radius 2 is 1.64 bits per heavy atom. The predicted octanol–water partition coefficient (Wildman–Crippen LogP) is 4.82. The third kappa shape index (κ3) is 8.96. The minimum absolute atomic E-state index is 0.163. The highest BCUT2D eigenvalue weighted by Gasteiger charge is 2.60. The molecule has 2 saturated heterocycles. The molecule has 16 heteroatoms. The molecule has 0 spiro atoms. The van der Waals surface area contributed by atoms with Crippen molar-refractivity contribution < 1.29 is 61.2 Å². The molecule has 3 fully saturated rings. The van der Waals surface area contributed by atoms with Crippen LogP contribution >= 0.6 is 11.8 Å². The van der Waals surface area contributed by atoms with Crippen LogP contribution in [0.2, 0.25) is 0 Å². The van der Waals surface area contributed by atoms with E-state index < -0.39 is 42.6 Å². The first-order valence-corrected chi connectivity index (χ1v) is 16.2. The number of aliphatic hydroxyl groups is 1. The highest BCUT2D eigenvalue weighted by Crippen LogP contribution is 2.52. The smallest absolute Gasteiger partial charge is 0.475 e. The molecule has 0 bridgehead atoms. The van der Waals surface area contributed by atoms with Gasteiger partial charge in [-0.1, -0.05) is 25.5 Å². The van der Waals surface area contributed by atoms with E-state index in [1.165, 1.54) is 24.0 Å². The quantitative estimate of drug-likeness (QED) is 0.159. The molecule has 1 aliphatic carbocycles. The fourth-order valence-corrected chi connectivity index (χ4v) is 7.71. The number of carbonyl (C=O) groups is 4. The van der Waals surface area contributed by atoms with Crippen LogP contribution in [0.15, 0.2) is 34.9 Å². The molecular formula is C31H38F4N2O9S. The van der Waals surface area contributed by atoms with Crippen LogP contribution in [-0.2, 0) is 35.1 Å². The molecule has 11 nitrogen and oxygen atoms in total. The first kappa shape index (κ1) is 36.5. The second kappa shape index (κ2) is 15.2. The summed E-state index contributed by atoms with van der Waals surface area (Å²) in [6, 6.07) is 6.11. The summed E-state index contributed by atoms with van der Waals surface area (Å²) in [6.45, 7) is 7.22. The van der Waals surface area contributed by atoms with Crippen LogP contribution in [0.1, 0.15) is 58.4 Å². The molecular weight excluding hydrogens is 652 g/mol. The highest BCUT2D eigenvalue weighted by atomic mass is 32.2. The van der Waals surface area contributed by atoms with Gasteiger partial charge < -0.3 is 29.3 Å². The summed E-state index contributed by atoms with van der Waals surface area (Å²) >= 11 is 1.55. The van der Waals surface area contributed by atoms with Gasteiger partial charge in [-0.2, -0.15) is 13.2 Å². The Morgan fingerprint density at radius 3 is 2.19 bits per heavy atom. The summed E-state index contributed by atoms with van der Waals surface area (Å²) in [5.41, 5.74) is 1.19. The van der Waals surface area contributed by atoms with Gasteiger partial charge in [0.05, 0.1) is 18.1 Å². The van der Waals surface area contributed by atoms with Crippen molar-refractivity contribution in [1.82, 2.24) is 9.80 Å². The van der Waals surface area contributed by atoms with E-state index in [1.54, 1.807) is 30.8 Å². The lowest BCUT2D eigenvalue weighted by Gasteiger charge is -2.46. The number of likely N-dealkylation sites (tertiary alicyclic amines) is 1. The summed E-state index contributed by atoms with van der Waals surface area (Å²) in [5.74, 6) is -4.83. The standard InChI is InChI=1S/C29H37FN2O7S.C2HF3O2/c1-16-24-23(17(2)33)27(34)32(24)25(28(35)37-18(3)38-29(36)39-21-7-5-4-6-8-21)26(16)40-22-14-31(15-22)13-19-9-11-20(30)12-10-19;3-2(4,5)1(6)7/h9-12,16-18,21-24,33H,4-8,13-15H2,1-3H3;(H,6,7)/t16-,17-,18?,23-,24-;/m1./s1. The molecule has 1 aromatic rings. The Morgan fingerprint density at radius 1 is 1.04 bits per heavy atom. The van der Waals surface area contributed by atoms with E-state index in [4.69, 9.17) is 24.1 Å². The van der Waals surface area contributed by atoms with E-state index >= 15 is 0 Å². The number of hydrogen-bond acceptors (Lipinski definition) is 10. The number of hydrogen-bond donors (Lipinski definition) is 2. The topological polar surface area (TPSA) is 143 Å². The van der Waals surface area contributed by atoms with Crippen molar-refractivity contribution in [3.8, 4) is 0 Å². The summed E-state index contributed by atoms with van der Waals surface area (Å²) in [7, 11) is 0. The number of benzene rings is 1. The monoisotopic (exact) mass is 690 g/mol. The maximum Gasteiger partial charge on any atom is 0.511 e. The second-order valence-corrected chi connectivity index (χ2v) is 13.4. The number of aliphatic hydroxyl groups excluding tert-OH is 1. The van der Waals surface area contributed by atoms with Gasteiger partial charge in [0.25, 0.3) is 0 Å². The summed E-state index contributed by atoms with van der Waals surface area (Å²) in [6.07, 6.45) is -3.49. The summed E-state index contributed by atoms with van der Waals surface area (Å²) < 4.78 is 61.0. The number of halogens is 4. The number of aliphatic carboxylic acids is 1. The Kier molecular flexibility index (Phi) is 11.8. The molecule has 3 heterocycles. The van der Waals surface area contributed by atoms with Gasteiger partial charge in [0.15, 0.2) is 0 Å². The van der Waals surface area contributed by atoms with Gasteiger partial charge in [-0.25, -0.2) is 18.8 Å². The van der Waals surface area contributed by atoms with E-state index in [1.807, 2.05) is 6.92 Å². The van der Waals surface area contributed by atoms with Gasteiger partial charge in [-0.15, -0.1) is 11.8 Å². The van der Waals surface area contributed by atoms with Crippen LogP contribution in [0, 0.1) is 17.7 Å². The maximum absolute atomic E-state index is 13.4. The van der Waals surface area contributed by atoms with Crippen molar-refractivity contribution in [3.05, 3.63) is 46.2 Å². The number of rotatable bonds is 9. The number of amides is 1. The van der Waals surface area contributed by atoms with Gasteiger partial charge in [0.2, 0.25) is 12.2 Å². The molecule has 5 rings (SSSR count). The molecule has 5 atom stereocenters. The molecule has 1 aromatic carbocycles. The number of carboxylic acids is 1. The number of fused-ring (bicyclic) bond motifs is 1. The number of esters is 1. The van der Waals surface area contributed by atoms with Crippen LogP contribution in [-0.4, -0.2) is 93.1 Å². The zero-order valence-electron chi connectivity index (χ0n) is 26.1. The van der Waals surface area contributed by atoms with Crippen LogP contribution in [0.4, 0.5) is 22.4 Å². The predicted molar refractivity (Wildman–Crippen MR) is 159 cm³/mol.